The lowest BCUT2D eigenvalue weighted by Gasteiger charge is -2.36. The van der Waals surface area contributed by atoms with Crippen LogP contribution in [0, 0.1) is 5.92 Å². The topological polar surface area (TPSA) is 67.8 Å². The molecule has 5 heterocycles. The highest BCUT2D eigenvalue weighted by Gasteiger charge is 2.30. The molecule has 2 aromatic heterocycles. The highest BCUT2D eigenvalue weighted by atomic mass is 32.1. The zero-order valence-electron chi connectivity index (χ0n) is 23.5. The number of nitrogens with one attached hydrogen (secondary N) is 1. The van der Waals surface area contributed by atoms with Crippen LogP contribution in [0.4, 0.5) is 11.8 Å². The number of hydrogen-bond donors (Lipinski definition) is 1. The van der Waals surface area contributed by atoms with Crippen LogP contribution in [0.25, 0.3) is 21.3 Å². The zero-order valence-corrected chi connectivity index (χ0v) is 24.3. The zero-order chi connectivity index (χ0) is 26.9. The van der Waals surface area contributed by atoms with Crippen LogP contribution in [0.3, 0.4) is 0 Å². The number of aromatic nitrogens is 2. The predicted octanol–water partition coefficient (Wildman–Crippen LogP) is 3.93. The number of rotatable bonds is 7. The van der Waals surface area contributed by atoms with E-state index in [1.54, 1.807) is 18.3 Å². The monoisotopic (exact) mass is 547 g/mol. The molecule has 3 saturated heterocycles. The number of anilines is 2. The molecular weight excluding hydrogens is 506 g/mol. The summed E-state index contributed by atoms with van der Waals surface area (Å²) in [5, 5.41) is 6.49. The molecule has 0 saturated carbocycles. The fourth-order valence-corrected chi connectivity index (χ4v) is 7.55. The Morgan fingerprint density at radius 2 is 1.79 bits per heavy atom. The highest BCUT2D eigenvalue weighted by Crippen LogP contribution is 2.40. The number of carbonyl (C=O) groups excluding carboxylic acids is 1. The molecule has 1 N–H and O–H groups in total. The second-order valence-corrected chi connectivity index (χ2v) is 12.6. The Bertz CT molecular complexity index is 1290. The number of piperidine rings is 1. The molecule has 1 aromatic carbocycles. The van der Waals surface area contributed by atoms with Gasteiger partial charge in [0, 0.05) is 69.2 Å². The fraction of sp³-hybridized carbons (Fsp3) is 0.567. The van der Waals surface area contributed by atoms with Crippen molar-refractivity contribution in [1.82, 2.24) is 25.1 Å². The second-order valence-electron chi connectivity index (χ2n) is 11.7. The van der Waals surface area contributed by atoms with E-state index in [1.165, 1.54) is 55.4 Å². The number of thiophene rings is 1. The second kappa shape index (κ2) is 11.4. The van der Waals surface area contributed by atoms with E-state index in [4.69, 9.17) is 9.97 Å². The van der Waals surface area contributed by atoms with Crippen molar-refractivity contribution in [3.8, 4) is 11.1 Å². The summed E-state index contributed by atoms with van der Waals surface area (Å²) in [6, 6.07) is 11.5. The van der Waals surface area contributed by atoms with Gasteiger partial charge in [-0.2, -0.15) is 4.98 Å². The maximum atomic E-state index is 11.6. The largest absolute Gasteiger partial charge is 0.356 e. The van der Waals surface area contributed by atoms with Gasteiger partial charge < -0.3 is 24.9 Å². The summed E-state index contributed by atoms with van der Waals surface area (Å²) in [5.41, 5.74) is 2.44. The number of hydrogen-bond acceptors (Lipinski definition) is 8. The Labute approximate surface area is 236 Å². The quantitative estimate of drug-likeness (QED) is 0.481. The standard InChI is InChI=1S/C30H41N7OS/c1-21(38)31-24-11-16-37(18-24)30-32-28(27-26(20-39-29(27)33-30)23-7-5-4-6-8-23)36-14-9-22(10-15-36)17-35(3)25-12-13-34(2)19-25/h4-8,20,22,24-25H,9-19H2,1-3H3,(H,31,38). The number of benzene rings is 1. The summed E-state index contributed by atoms with van der Waals surface area (Å²) < 4.78 is 0. The number of likely N-dealkylation sites (N-methyl/N-ethyl adjacent to an activating group) is 2. The Kier molecular flexibility index (Phi) is 7.73. The Morgan fingerprint density at radius 1 is 1.03 bits per heavy atom. The van der Waals surface area contributed by atoms with E-state index < -0.39 is 0 Å². The smallest absolute Gasteiger partial charge is 0.228 e. The number of carbonyl (C=O) groups is 1. The van der Waals surface area contributed by atoms with Crippen molar-refractivity contribution < 1.29 is 4.79 Å². The van der Waals surface area contributed by atoms with Crippen molar-refractivity contribution in [2.24, 2.45) is 5.92 Å². The van der Waals surface area contributed by atoms with Gasteiger partial charge in [-0.1, -0.05) is 30.3 Å². The van der Waals surface area contributed by atoms with Gasteiger partial charge in [-0.05, 0) is 57.8 Å². The van der Waals surface area contributed by atoms with Gasteiger partial charge in [-0.15, -0.1) is 11.3 Å². The van der Waals surface area contributed by atoms with Crippen LogP contribution in [0.5, 0.6) is 0 Å². The summed E-state index contributed by atoms with van der Waals surface area (Å²) in [4.78, 5) is 32.8. The van der Waals surface area contributed by atoms with E-state index >= 15 is 0 Å². The summed E-state index contributed by atoms with van der Waals surface area (Å²) in [5.74, 6) is 2.61. The van der Waals surface area contributed by atoms with Gasteiger partial charge in [0.25, 0.3) is 0 Å². The van der Waals surface area contributed by atoms with Crippen LogP contribution in [-0.2, 0) is 4.79 Å². The maximum Gasteiger partial charge on any atom is 0.228 e. The van der Waals surface area contributed by atoms with Crippen LogP contribution in [0.1, 0.15) is 32.6 Å². The van der Waals surface area contributed by atoms with E-state index in [1.807, 2.05) is 0 Å². The molecule has 0 radical (unpaired) electrons. The van der Waals surface area contributed by atoms with Crippen LogP contribution in [0.2, 0.25) is 0 Å². The van der Waals surface area contributed by atoms with E-state index in [0.29, 0.717) is 6.04 Å². The average molecular weight is 548 g/mol. The van der Waals surface area contributed by atoms with Crippen molar-refractivity contribution in [2.75, 3.05) is 69.7 Å². The van der Waals surface area contributed by atoms with Gasteiger partial charge in [0.05, 0.1) is 5.39 Å². The van der Waals surface area contributed by atoms with Crippen molar-refractivity contribution in [1.29, 1.82) is 0 Å². The molecule has 2 atom stereocenters. The van der Waals surface area contributed by atoms with Gasteiger partial charge in [0.1, 0.15) is 10.6 Å². The summed E-state index contributed by atoms with van der Waals surface area (Å²) in [6.07, 6.45) is 4.58. The lowest BCUT2D eigenvalue weighted by atomic mass is 9.95. The average Bonchev–Trinajstić information content (AvgIpc) is 3.69. The molecule has 0 aliphatic carbocycles. The van der Waals surface area contributed by atoms with Crippen molar-refractivity contribution in [3.63, 3.8) is 0 Å². The molecule has 39 heavy (non-hydrogen) atoms. The van der Waals surface area contributed by atoms with Crippen LogP contribution in [-0.4, -0.2) is 97.7 Å². The Hall–Kier alpha value is -2.75. The van der Waals surface area contributed by atoms with Gasteiger partial charge in [-0.3, -0.25) is 4.79 Å². The summed E-state index contributed by atoms with van der Waals surface area (Å²) in [7, 11) is 4.55. The number of likely N-dealkylation sites (tertiary alicyclic amines) is 1. The maximum absolute atomic E-state index is 11.6. The predicted molar refractivity (Wildman–Crippen MR) is 161 cm³/mol. The van der Waals surface area contributed by atoms with Crippen LogP contribution >= 0.6 is 11.3 Å². The first kappa shape index (κ1) is 26.5. The van der Waals surface area contributed by atoms with Crippen molar-refractivity contribution in [3.05, 3.63) is 35.7 Å². The molecule has 3 aromatic rings. The molecule has 3 aliphatic rings. The van der Waals surface area contributed by atoms with Crippen LogP contribution < -0.4 is 15.1 Å². The van der Waals surface area contributed by atoms with Crippen LogP contribution in [0.15, 0.2) is 35.7 Å². The Morgan fingerprint density at radius 3 is 2.51 bits per heavy atom. The van der Waals surface area contributed by atoms with Gasteiger partial charge >= 0.3 is 0 Å². The third-order valence-electron chi connectivity index (χ3n) is 8.82. The molecule has 3 aliphatic heterocycles. The van der Waals surface area contributed by atoms with Gasteiger partial charge in [0.15, 0.2) is 0 Å². The number of fused-ring (bicyclic) bond motifs is 1. The van der Waals surface area contributed by atoms with Crippen molar-refractivity contribution in [2.45, 2.75) is 44.7 Å². The van der Waals surface area contributed by atoms with E-state index in [9.17, 15) is 4.79 Å². The molecular formula is C30H41N7OS. The summed E-state index contributed by atoms with van der Waals surface area (Å²) in [6.45, 7) is 8.84. The number of amides is 1. The first-order chi connectivity index (χ1) is 18.9. The SMILES string of the molecule is CC(=O)NC1CCN(c2nc(N3CCC(CN(C)C4CCN(C)C4)CC3)c3c(-c4ccccc4)csc3n2)C1. The first-order valence-electron chi connectivity index (χ1n) is 14.4. The van der Waals surface area contributed by atoms with Gasteiger partial charge in [-0.25, -0.2) is 4.98 Å². The molecule has 0 bridgehead atoms. The first-order valence-corrected chi connectivity index (χ1v) is 15.3. The molecule has 2 unspecified atom stereocenters. The number of nitrogens with zero attached hydrogens (tertiary/aromatic N) is 6. The van der Waals surface area contributed by atoms with E-state index in [-0.39, 0.29) is 11.9 Å². The van der Waals surface area contributed by atoms with Gasteiger partial charge in [0.2, 0.25) is 11.9 Å². The molecule has 1 amide bonds. The minimum absolute atomic E-state index is 0.0261. The molecule has 8 nitrogen and oxygen atoms in total. The highest BCUT2D eigenvalue weighted by molar-refractivity contribution is 7.17. The summed E-state index contributed by atoms with van der Waals surface area (Å²) >= 11 is 1.71. The minimum atomic E-state index is 0.0261. The normalized spacial score (nSPS) is 22.9. The van der Waals surface area contributed by atoms with Crippen molar-refractivity contribution >= 4 is 39.2 Å². The van der Waals surface area contributed by atoms with E-state index in [2.05, 4.69) is 74.7 Å². The molecule has 0 spiro atoms. The minimum Gasteiger partial charge on any atom is -0.356 e. The third-order valence-corrected chi connectivity index (χ3v) is 9.69. The molecule has 6 rings (SSSR count). The fourth-order valence-electron chi connectivity index (χ4n) is 6.62. The van der Waals surface area contributed by atoms with E-state index in [0.717, 1.165) is 55.1 Å². The lowest BCUT2D eigenvalue weighted by molar-refractivity contribution is -0.119. The third kappa shape index (κ3) is 5.76. The Balaban J connectivity index is 1.25. The lowest BCUT2D eigenvalue weighted by Crippen LogP contribution is -2.42. The molecule has 9 heteroatoms. The molecule has 3 fully saturated rings. The molecule has 208 valence electrons.